The number of pyridine rings is 4. The van der Waals surface area contributed by atoms with Crippen molar-refractivity contribution in [2.24, 2.45) is 0 Å². The van der Waals surface area contributed by atoms with Gasteiger partial charge in [0.1, 0.15) is 0 Å². The Morgan fingerprint density at radius 2 is 0.781 bits per heavy atom. The second-order valence-electron chi connectivity index (χ2n) is 28.0. The van der Waals surface area contributed by atoms with Crippen LogP contribution in [0.15, 0.2) is 361 Å². The van der Waals surface area contributed by atoms with E-state index in [-0.39, 0.29) is 147 Å². The van der Waals surface area contributed by atoms with Crippen LogP contribution in [-0.4, -0.2) is 82.6 Å². The van der Waals surface area contributed by atoms with E-state index < -0.39 is 5.63 Å². The zero-order chi connectivity index (χ0) is 87.7. The van der Waals surface area contributed by atoms with Gasteiger partial charge in [-0.3, -0.25) is 33.9 Å². The molecule has 22 heteroatoms. The van der Waals surface area contributed by atoms with Crippen molar-refractivity contribution in [2.45, 2.75) is 55.4 Å². The van der Waals surface area contributed by atoms with Crippen LogP contribution in [0.2, 0.25) is 0 Å². The van der Waals surface area contributed by atoms with Gasteiger partial charge in [-0.1, -0.05) is 168 Å². The first-order valence-corrected chi connectivity index (χ1v) is 39.7. The Balaban J connectivity index is 0.000000263. The van der Waals surface area contributed by atoms with Crippen molar-refractivity contribution in [1.29, 1.82) is 0 Å². The van der Waals surface area contributed by atoms with Gasteiger partial charge in [0.05, 0.1) is 39.1 Å². The molecule has 5 radical (unpaired) electrons. The van der Waals surface area contributed by atoms with Crippen LogP contribution in [0.3, 0.4) is 0 Å². The van der Waals surface area contributed by atoms with Crippen molar-refractivity contribution >= 4 is 126 Å². The Kier molecular flexibility index (Phi) is 44.9. The third-order valence-corrected chi connectivity index (χ3v) is 18.8. The van der Waals surface area contributed by atoms with Gasteiger partial charge >= 0.3 is 0 Å². The first-order chi connectivity index (χ1) is 59.3. The molecular weight excluding hydrogens is 2510 g/mol. The molecule has 0 bridgehead atoms. The fraction of sp³-hybridized carbons (Fsp3) is 0.0943. The van der Waals surface area contributed by atoms with E-state index in [0.717, 1.165) is 71.6 Å². The van der Waals surface area contributed by atoms with Gasteiger partial charge in [0, 0.05) is 168 Å². The predicted molar refractivity (Wildman–Crippen MR) is 500 cm³/mol. The summed E-state index contributed by atoms with van der Waals surface area (Å²) in [6.07, 6.45) is 13.6. The SMILES string of the molecule is CC(=O)C=C(C)O.CC(=O)C=C(C)O.CC(=O)C=C(C)O.CC(=O)C=C(C)O.CN(C)c1ccc2[c-]c(-c3nc4ccccc4s3)c(=O)oc2c1.[Ir].[Ir].[Ir].[Ir].[Ir].[c-]1cc2ccccc2cc1-c1[c-]ccc2ccccc12.[c-]1cc2ccccc2cc1-c1nccc2ccccc12.[c-]1ccccc1-c1nccc2ccccc12.[c-]1cnccc1-c1nccc2ccccc12. The molecule has 16 nitrogen and oxygen atoms in total. The number of carbonyl (C=O) groups excluding carboxylic acids is 4. The minimum absolute atomic E-state index is 0. The molecule has 0 spiro atoms. The van der Waals surface area contributed by atoms with Gasteiger partial charge in [0.2, 0.25) is 0 Å². The summed E-state index contributed by atoms with van der Waals surface area (Å²) in [6.45, 7) is 11.4. The maximum absolute atomic E-state index is 12.3. The van der Waals surface area contributed by atoms with Crippen molar-refractivity contribution in [3.05, 3.63) is 398 Å². The quantitative estimate of drug-likeness (QED) is 0.0430. The summed E-state index contributed by atoms with van der Waals surface area (Å²) in [5.74, 6) is -0.250. The van der Waals surface area contributed by atoms with Gasteiger partial charge < -0.3 is 44.7 Å². The number of ketones is 4. The molecule has 6 aromatic heterocycles. The van der Waals surface area contributed by atoms with Crippen molar-refractivity contribution in [3.8, 4) is 55.5 Å². The summed E-state index contributed by atoms with van der Waals surface area (Å²) in [7, 11) is 3.89. The van der Waals surface area contributed by atoms with Gasteiger partial charge in [-0.2, -0.15) is 47.2 Å². The standard InChI is InChI=1S/C20H12.C19H12N.C18H13N2O2S.C15H10N.C14H9N2.4C5H8O2.5Ir/c1-2-8-17-14-18(13-12-15(17)6-1)20-11-5-9-16-7-3-4-10-19(16)20;1-2-7-16-13-17(10-9-14(16)5-1)19-18-8-4-3-6-15(18)11-12-20-19;1-20(2)12-8-7-11-9-13(18(21)22-15(11)10-12)17-19-14-5-3-4-6-16(14)23-17;1-2-7-13(8-3-1)15-14-9-5-4-6-12(14)10-11-16-15;1-2-4-13-11(3-1)7-10-16-14(13)12-5-8-15-9-6-12;4*1-4(6)3-5(2)7;;;;;/h1-10,12,14H;1-9,11-13H;3-8,10H,1-2H3;1-7,9-11H;1-5,7-10H;4*3,6H,1-2H3;;;;;/q-2;4*-1;;;;;;;;;. The monoisotopic (exact) mass is 2600 g/mol. The Labute approximate surface area is 815 Å². The summed E-state index contributed by atoms with van der Waals surface area (Å²) in [4.78, 5) is 76.3. The number of allylic oxidation sites excluding steroid dienone is 8. The Hall–Kier alpha value is -12.2. The van der Waals surface area contributed by atoms with Crippen LogP contribution >= 0.6 is 11.3 Å². The minimum atomic E-state index is -0.410. The number of rotatable bonds is 10. The smallest absolute Gasteiger partial charge is 0.269 e. The van der Waals surface area contributed by atoms with Crippen LogP contribution in [0.5, 0.6) is 0 Å². The maximum Gasteiger partial charge on any atom is 0.269 e. The molecule has 0 fully saturated rings. The fourth-order valence-corrected chi connectivity index (χ4v) is 13.5. The summed E-state index contributed by atoms with van der Waals surface area (Å²) in [5.41, 5.74) is 10.6. The van der Waals surface area contributed by atoms with Crippen LogP contribution in [-0.2, 0) is 120 Å². The van der Waals surface area contributed by atoms with Crippen LogP contribution in [0.1, 0.15) is 55.4 Å². The van der Waals surface area contributed by atoms with Crippen LogP contribution < -0.4 is 10.5 Å². The third kappa shape index (κ3) is 32.3. The molecule has 0 amide bonds. The number of benzene rings is 12. The number of aliphatic hydroxyl groups excluding tert-OH is 4. The van der Waals surface area contributed by atoms with Crippen molar-refractivity contribution in [2.75, 3.05) is 19.0 Å². The Morgan fingerprint density at radius 3 is 1.21 bits per heavy atom. The fourth-order valence-electron chi connectivity index (χ4n) is 12.5. The number of anilines is 1. The van der Waals surface area contributed by atoms with E-state index in [1.54, 1.807) is 12.4 Å². The molecule has 12 aromatic carbocycles. The number of hydrogen-bond acceptors (Lipinski definition) is 17. The normalized spacial score (nSPS) is 10.6. The van der Waals surface area contributed by atoms with E-state index in [0.29, 0.717) is 16.2 Å². The molecule has 0 atom stereocenters. The number of aromatic nitrogens is 5. The van der Waals surface area contributed by atoms with E-state index in [9.17, 15) is 24.0 Å². The third-order valence-electron chi connectivity index (χ3n) is 17.8. The number of hydrogen-bond donors (Lipinski definition) is 4. The van der Waals surface area contributed by atoms with Crippen LogP contribution in [0.25, 0.3) is 141 Å². The van der Waals surface area contributed by atoms with E-state index in [4.69, 9.17) is 24.8 Å². The summed E-state index contributed by atoms with van der Waals surface area (Å²) >= 11 is 1.47. The van der Waals surface area contributed by atoms with Gasteiger partial charge in [-0.05, 0) is 159 Å². The molecule has 0 aliphatic heterocycles. The molecule has 0 saturated carbocycles. The van der Waals surface area contributed by atoms with Gasteiger partial charge in [-0.15, -0.1) is 123 Å². The number of nitrogens with zero attached hydrogens (tertiary/aromatic N) is 6. The molecule has 0 saturated heterocycles. The average Bonchev–Trinajstić information content (AvgIpc) is 1.58. The molecule has 0 aliphatic rings. The minimum Gasteiger partial charge on any atom is -0.512 e. The first kappa shape index (κ1) is 106. The van der Waals surface area contributed by atoms with Gasteiger partial charge in [-0.25, -0.2) is 11.1 Å². The molecule has 4 N–H and O–H groups in total. The van der Waals surface area contributed by atoms with E-state index in [1.165, 1.54) is 150 Å². The predicted octanol–water partition coefficient (Wildman–Crippen LogP) is 25.0. The number of fused-ring (bicyclic) bond motifs is 8. The molecular formula is C106H88Ir5N6O10S-6. The van der Waals surface area contributed by atoms with Crippen LogP contribution in [0.4, 0.5) is 5.69 Å². The largest absolute Gasteiger partial charge is 0.512 e. The molecule has 6 heterocycles. The Bertz CT molecular complexity index is 6480. The van der Waals surface area contributed by atoms with Gasteiger partial charge in [0.15, 0.2) is 23.1 Å². The molecule has 18 aromatic rings. The first-order valence-electron chi connectivity index (χ1n) is 38.9. The summed E-state index contributed by atoms with van der Waals surface area (Å²) in [5, 5.41) is 49.3. The molecule has 0 aliphatic carbocycles. The van der Waals surface area contributed by atoms with Crippen molar-refractivity contribution < 1.29 is 145 Å². The number of carbonyl (C=O) groups is 4. The van der Waals surface area contributed by atoms with E-state index in [1.807, 2.05) is 171 Å². The van der Waals surface area contributed by atoms with Gasteiger partial charge in [0.25, 0.3) is 5.63 Å². The number of aliphatic hydroxyl groups is 4. The summed E-state index contributed by atoms with van der Waals surface area (Å²) in [6, 6.07) is 112. The second kappa shape index (κ2) is 54.1. The molecule has 659 valence electrons. The zero-order valence-corrected chi connectivity index (χ0v) is 84.0. The second-order valence-corrected chi connectivity index (χ2v) is 29.0. The Morgan fingerprint density at radius 1 is 0.375 bits per heavy atom. The number of thiazole rings is 1. The summed E-state index contributed by atoms with van der Waals surface area (Å²) < 4.78 is 6.53. The zero-order valence-electron chi connectivity index (χ0n) is 71.2. The average molecular weight is 2600 g/mol. The number of para-hydroxylation sites is 1. The van der Waals surface area contributed by atoms with Crippen LogP contribution in [0, 0.1) is 36.4 Å². The van der Waals surface area contributed by atoms with E-state index in [2.05, 4.69) is 201 Å². The van der Waals surface area contributed by atoms with Crippen molar-refractivity contribution in [3.63, 3.8) is 0 Å². The van der Waals surface area contributed by atoms with E-state index >= 15 is 0 Å². The van der Waals surface area contributed by atoms with Crippen molar-refractivity contribution in [1.82, 2.24) is 24.9 Å². The molecule has 128 heavy (non-hydrogen) atoms. The molecule has 18 rings (SSSR count). The topological polar surface area (TPSA) is 247 Å². The molecule has 0 unspecified atom stereocenters. The maximum atomic E-state index is 12.3.